The van der Waals surface area contributed by atoms with Crippen LogP contribution in [0.15, 0.2) is 0 Å². The highest BCUT2D eigenvalue weighted by Crippen LogP contribution is 2.58. The zero-order chi connectivity index (χ0) is 34.9. The van der Waals surface area contributed by atoms with Crippen molar-refractivity contribution in [1.29, 1.82) is 0 Å². The van der Waals surface area contributed by atoms with Crippen LogP contribution in [-0.4, -0.2) is 119 Å². The maximum atomic E-state index is 12.7. The Morgan fingerprint density at radius 1 is 0.477 bits per heavy atom. The van der Waals surface area contributed by atoms with Gasteiger partial charge in [-0.25, -0.2) is 32.2 Å². The van der Waals surface area contributed by atoms with Crippen LogP contribution in [0.1, 0.15) is 6.42 Å². The lowest BCUT2D eigenvalue weighted by molar-refractivity contribution is -0.203. The van der Waals surface area contributed by atoms with Gasteiger partial charge in [-0.15, -0.1) is 0 Å². The number of hydrogen-bond donors (Lipinski definition) is 13. The number of phosphoric acid groups is 6. The van der Waals surface area contributed by atoms with Crippen molar-refractivity contribution in [2.24, 2.45) is 0 Å². The Balaban J connectivity index is 4.11. The first kappa shape index (κ1) is 41.6. The summed E-state index contributed by atoms with van der Waals surface area (Å²) in [6.07, 6.45) is -24.4. The normalized spacial score (nSPS) is 27.8. The third-order valence-electron chi connectivity index (χ3n) is 4.39. The average Bonchev–Trinajstić information content (AvgIpc) is 2.70. The molecule has 0 bridgehead atoms. The molecule has 0 aromatic carbocycles. The zero-order valence-electron chi connectivity index (χ0n) is 20.4. The van der Waals surface area contributed by atoms with Gasteiger partial charge in [0, 0.05) is 0 Å². The van der Waals surface area contributed by atoms with Gasteiger partial charge in [-0.3, -0.25) is 36.5 Å². The Labute approximate surface area is 241 Å². The lowest BCUT2D eigenvalue weighted by atomic mass is 9.85. The molecule has 1 rings (SSSR count). The van der Waals surface area contributed by atoms with Crippen molar-refractivity contribution in [3.63, 3.8) is 0 Å². The van der Waals surface area contributed by atoms with Gasteiger partial charge in [-0.05, 0) is 0 Å². The molecule has 0 aromatic rings. The number of aliphatic carboxylic acids is 2. The highest BCUT2D eigenvalue weighted by molar-refractivity contribution is 7.48. The molecule has 0 radical (unpaired) electrons. The van der Waals surface area contributed by atoms with Gasteiger partial charge in [-0.1, -0.05) is 0 Å². The van der Waals surface area contributed by atoms with Gasteiger partial charge in [-0.2, -0.15) is 0 Å². The number of carboxylic acids is 2. The first-order chi connectivity index (χ1) is 19.3. The molecule has 0 spiro atoms. The predicted octanol–water partition coefficient (Wildman–Crippen LogP) is -3.18. The van der Waals surface area contributed by atoms with Crippen molar-refractivity contribution in [2.75, 3.05) is 0 Å². The second-order valence-electron chi connectivity index (χ2n) is 7.87. The molecule has 8 atom stereocenters. The minimum absolute atomic E-state index is 1.62. The quantitative estimate of drug-likeness (QED) is 0.0647. The Kier molecular flexibility index (Phi) is 14.0. The van der Waals surface area contributed by atoms with E-state index < -0.39 is 108 Å². The molecule has 1 saturated carbocycles. The minimum Gasteiger partial charge on any atom is -0.481 e. The third kappa shape index (κ3) is 15.5. The summed E-state index contributed by atoms with van der Waals surface area (Å²) in [5.41, 5.74) is 0. The molecule has 1 aliphatic carbocycles. The van der Waals surface area contributed by atoms with Gasteiger partial charge in [0.05, 0.1) is 6.42 Å². The Morgan fingerprint density at radius 2 is 0.705 bits per heavy atom. The summed E-state index contributed by atoms with van der Waals surface area (Å²) in [5.74, 6) is -4.29. The molecule has 0 aromatic heterocycles. The van der Waals surface area contributed by atoms with E-state index in [9.17, 15) is 90.8 Å². The maximum Gasteiger partial charge on any atom is 0.473 e. The monoisotopic (exact) mass is 776 g/mol. The van der Waals surface area contributed by atoms with Crippen LogP contribution in [-0.2, 0) is 68.6 Å². The van der Waals surface area contributed by atoms with Crippen LogP contribution in [0.25, 0.3) is 0 Å². The maximum absolute atomic E-state index is 12.7. The molecule has 1 aliphatic rings. The SMILES string of the molecule is O=C(O)CC(OP(=O)(O)OC1[C@@H](OP(=O)(O)O)[C@H](OP(=O)(O)O)C(OP(=O)(O)O)[C@H](OP(=O)(O)O)[C@@H]1OP(=O)(O)O)C(=O)O. The zero-order valence-corrected chi connectivity index (χ0v) is 25.7. The topological polar surface area (TPSA) is 464 Å². The lowest BCUT2D eigenvalue weighted by Crippen LogP contribution is -2.66. The first-order valence-electron chi connectivity index (χ1n) is 10.1. The second-order valence-corrected chi connectivity index (χ2v) is 15.2. The van der Waals surface area contributed by atoms with Gasteiger partial charge < -0.3 is 64.0 Å². The van der Waals surface area contributed by atoms with Crippen molar-refractivity contribution in [1.82, 2.24) is 0 Å². The number of carbonyl (C=O) groups is 2. The van der Waals surface area contributed by atoms with E-state index in [1.54, 1.807) is 0 Å². The van der Waals surface area contributed by atoms with Gasteiger partial charge in [0.2, 0.25) is 0 Å². The highest BCUT2D eigenvalue weighted by Gasteiger charge is 2.63. The van der Waals surface area contributed by atoms with Crippen LogP contribution < -0.4 is 0 Å². The van der Waals surface area contributed by atoms with Crippen molar-refractivity contribution in [3.8, 4) is 0 Å². The Bertz CT molecular complexity index is 1270. The number of phosphoric ester groups is 6. The molecule has 1 fully saturated rings. The number of rotatable bonds is 17. The van der Waals surface area contributed by atoms with Crippen LogP contribution in [0, 0.1) is 0 Å². The molecule has 260 valence electrons. The van der Waals surface area contributed by atoms with Crippen LogP contribution in [0.4, 0.5) is 0 Å². The molecule has 0 aliphatic heterocycles. The van der Waals surface area contributed by atoms with E-state index in [0.717, 1.165) is 0 Å². The third-order valence-corrected chi connectivity index (χ3v) is 8.01. The van der Waals surface area contributed by atoms with Crippen molar-refractivity contribution >= 4 is 58.9 Å². The smallest absolute Gasteiger partial charge is 0.473 e. The minimum atomic E-state index is -6.35. The summed E-state index contributed by atoms with van der Waals surface area (Å²) in [5, 5.41) is 17.8. The molecule has 13 N–H and O–H groups in total. The van der Waals surface area contributed by atoms with E-state index in [2.05, 4.69) is 31.7 Å². The van der Waals surface area contributed by atoms with Crippen molar-refractivity contribution in [2.45, 2.75) is 49.1 Å². The number of carboxylic acid groups (broad SMARTS) is 2. The lowest BCUT2D eigenvalue weighted by Gasteiger charge is -2.48. The average molecular weight is 776 g/mol. The number of hydrogen-bond acceptors (Lipinski definition) is 15. The standard InChI is InChI=1S/C10H22O28P6/c11-3(12)1-2(10(13)14)32-44(30,31)38-9-7(36-42(24,25)26)5(34-40(18,19)20)4(33-39(15,16)17)6(35-41(21,22)23)8(9)37-43(27,28)29/h2,4-9H,1H2,(H,11,12)(H,13,14)(H,30,31)(H2,15,16,17)(H2,18,19,20)(H2,21,22,23)(H2,24,25,26)(H2,27,28,29)/t2?,4?,5-,6+,7-,8-,9?/m0/s1. The van der Waals surface area contributed by atoms with E-state index >= 15 is 0 Å². The molecule has 44 heavy (non-hydrogen) atoms. The summed E-state index contributed by atoms with van der Waals surface area (Å²) in [6.45, 7) is 0. The fraction of sp³-hybridized carbons (Fsp3) is 0.800. The van der Waals surface area contributed by atoms with Crippen LogP contribution in [0.2, 0.25) is 0 Å². The van der Waals surface area contributed by atoms with E-state index in [1.807, 2.05) is 0 Å². The van der Waals surface area contributed by atoms with Gasteiger partial charge in [0.25, 0.3) is 0 Å². The molecule has 0 amide bonds. The van der Waals surface area contributed by atoms with Gasteiger partial charge >= 0.3 is 58.9 Å². The molecule has 0 heterocycles. The Hall–Kier alpha value is -0.400. The fourth-order valence-electron chi connectivity index (χ4n) is 3.30. The summed E-state index contributed by atoms with van der Waals surface area (Å²) in [7, 11) is -37.3. The van der Waals surface area contributed by atoms with E-state index in [4.69, 9.17) is 10.2 Å². The molecular weight excluding hydrogens is 754 g/mol. The van der Waals surface area contributed by atoms with E-state index in [0.29, 0.717) is 0 Å². The molecule has 34 heteroatoms. The largest absolute Gasteiger partial charge is 0.481 e. The molecule has 0 saturated heterocycles. The second kappa shape index (κ2) is 14.8. The first-order valence-corrected chi connectivity index (χ1v) is 19.3. The summed E-state index contributed by atoms with van der Waals surface area (Å²) >= 11 is 0. The van der Waals surface area contributed by atoms with E-state index in [-0.39, 0.29) is 0 Å². The van der Waals surface area contributed by atoms with E-state index in [1.165, 1.54) is 0 Å². The predicted molar refractivity (Wildman–Crippen MR) is 124 cm³/mol. The molecular formula is C10H22O28P6. The van der Waals surface area contributed by atoms with Crippen LogP contribution in [0.5, 0.6) is 0 Å². The van der Waals surface area contributed by atoms with Crippen LogP contribution >= 0.6 is 46.9 Å². The summed E-state index contributed by atoms with van der Waals surface area (Å²) < 4.78 is 100. The molecule has 4 unspecified atom stereocenters. The molecule has 28 nitrogen and oxygen atoms in total. The van der Waals surface area contributed by atoms with Crippen molar-refractivity contribution in [3.05, 3.63) is 0 Å². The van der Waals surface area contributed by atoms with Crippen molar-refractivity contribution < 1.29 is 133 Å². The van der Waals surface area contributed by atoms with Gasteiger partial charge in [0.15, 0.2) is 6.10 Å². The van der Waals surface area contributed by atoms with Gasteiger partial charge in [0.1, 0.15) is 36.6 Å². The summed E-state index contributed by atoms with van der Waals surface area (Å²) in [4.78, 5) is 125. The summed E-state index contributed by atoms with van der Waals surface area (Å²) in [6, 6.07) is 0. The fourth-order valence-corrected chi connectivity index (χ4v) is 7.17. The highest BCUT2D eigenvalue weighted by atomic mass is 31.2. The Morgan fingerprint density at radius 3 is 0.886 bits per heavy atom. The van der Waals surface area contributed by atoms with Crippen LogP contribution in [0.3, 0.4) is 0 Å².